The maximum Gasteiger partial charge on any atom is 0.224 e. The van der Waals surface area contributed by atoms with E-state index in [1.54, 1.807) is 0 Å². The van der Waals surface area contributed by atoms with Gasteiger partial charge in [-0.25, -0.2) is 0 Å². The third-order valence-electron chi connectivity index (χ3n) is 4.77. The lowest BCUT2D eigenvalue weighted by atomic mass is 9.87. The summed E-state index contributed by atoms with van der Waals surface area (Å²) >= 11 is 7.03. The lowest BCUT2D eigenvalue weighted by Gasteiger charge is -2.57. The first-order valence-electron chi connectivity index (χ1n) is 8.07. The average molecular weight is 444 g/mol. The molecule has 3 aliphatic heterocycles. The highest BCUT2D eigenvalue weighted by molar-refractivity contribution is 9.09. The van der Waals surface area contributed by atoms with E-state index in [4.69, 9.17) is 18.9 Å². The Bertz CT molecular complexity index is 375. The summed E-state index contributed by atoms with van der Waals surface area (Å²) in [4.78, 5) is 0. The standard InChI is InChI=1S/C15H24Br2O5/c16-7-11-3-1-5-14(20-11)15(22-13(9-18)10-19-14)6-2-4-12(8-17)21-15/h11-13,18H,1-10H2/t11-,12-,13+,14+,15-/m1/s1. The van der Waals surface area contributed by atoms with Crippen molar-refractivity contribution in [2.24, 2.45) is 0 Å². The maximum atomic E-state index is 9.49. The zero-order valence-electron chi connectivity index (χ0n) is 12.6. The van der Waals surface area contributed by atoms with Gasteiger partial charge in [-0.2, -0.15) is 0 Å². The number of hydrogen-bond donors (Lipinski definition) is 1. The van der Waals surface area contributed by atoms with Crippen molar-refractivity contribution in [2.75, 3.05) is 23.9 Å². The van der Waals surface area contributed by atoms with Crippen LogP contribution < -0.4 is 0 Å². The minimum atomic E-state index is -0.907. The Morgan fingerprint density at radius 1 is 0.864 bits per heavy atom. The van der Waals surface area contributed by atoms with Gasteiger partial charge in [0.25, 0.3) is 0 Å². The SMILES string of the molecule is OC[C@H]1CO[C@]2(CCC[C@H](CBr)O2)[C@@]2(CCC[C@H](CBr)O2)O1. The first kappa shape index (κ1) is 17.6. The normalized spacial score (nSPS) is 46.2. The van der Waals surface area contributed by atoms with Gasteiger partial charge in [0.2, 0.25) is 11.6 Å². The summed E-state index contributed by atoms with van der Waals surface area (Å²) in [6, 6.07) is 0. The molecule has 0 aromatic carbocycles. The molecule has 7 heteroatoms. The van der Waals surface area contributed by atoms with E-state index >= 15 is 0 Å². The van der Waals surface area contributed by atoms with Crippen LogP contribution >= 0.6 is 31.9 Å². The first-order chi connectivity index (χ1) is 10.7. The van der Waals surface area contributed by atoms with Gasteiger partial charge in [0.15, 0.2) is 0 Å². The molecule has 0 bridgehead atoms. The molecule has 0 saturated carbocycles. The zero-order chi connectivity index (χ0) is 15.6. The molecule has 3 rings (SSSR count). The Morgan fingerprint density at radius 3 is 2.00 bits per heavy atom. The van der Waals surface area contributed by atoms with Gasteiger partial charge in [0.05, 0.1) is 25.4 Å². The van der Waals surface area contributed by atoms with E-state index in [1.165, 1.54) is 0 Å². The second kappa shape index (κ2) is 7.33. The van der Waals surface area contributed by atoms with Crippen LogP contribution in [0.1, 0.15) is 38.5 Å². The van der Waals surface area contributed by atoms with E-state index in [2.05, 4.69) is 31.9 Å². The monoisotopic (exact) mass is 442 g/mol. The molecule has 3 aliphatic rings. The van der Waals surface area contributed by atoms with E-state index in [0.29, 0.717) is 6.61 Å². The number of ether oxygens (including phenoxy) is 4. The smallest absolute Gasteiger partial charge is 0.224 e. The van der Waals surface area contributed by atoms with Crippen LogP contribution in [0.15, 0.2) is 0 Å². The maximum absolute atomic E-state index is 9.49. The molecule has 0 aromatic rings. The van der Waals surface area contributed by atoms with Crippen LogP contribution in [0.2, 0.25) is 0 Å². The highest BCUT2D eigenvalue weighted by atomic mass is 79.9. The van der Waals surface area contributed by atoms with Crippen molar-refractivity contribution in [2.45, 2.75) is 68.4 Å². The topological polar surface area (TPSA) is 57.2 Å². The summed E-state index contributed by atoms with van der Waals surface area (Å²) in [6.45, 7) is 0.275. The van der Waals surface area contributed by atoms with E-state index in [0.717, 1.165) is 49.2 Å². The predicted octanol–water partition coefficient (Wildman–Crippen LogP) is 2.71. The van der Waals surface area contributed by atoms with Crippen LogP contribution in [-0.2, 0) is 18.9 Å². The van der Waals surface area contributed by atoms with Crippen LogP contribution in [-0.4, -0.2) is 58.9 Å². The molecule has 128 valence electrons. The number of alkyl halides is 2. The fraction of sp³-hybridized carbons (Fsp3) is 1.00. The van der Waals surface area contributed by atoms with Crippen molar-refractivity contribution >= 4 is 31.9 Å². The van der Waals surface area contributed by atoms with Crippen molar-refractivity contribution in [1.82, 2.24) is 0 Å². The molecule has 5 atom stereocenters. The number of rotatable bonds is 3. The van der Waals surface area contributed by atoms with Crippen molar-refractivity contribution in [3.05, 3.63) is 0 Å². The molecule has 22 heavy (non-hydrogen) atoms. The molecule has 1 N–H and O–H groups in total. The van der Waals surface area contributed by atoms with Crippen LogP contribution in [0.5, 0.6) is 0 Å². The number of aliphatic hydroxyl groups excluding tert-OH is 1. The molecule has 0 radical (unpaired) electrons. The number of fused-ring (bicyclic) bond motifs is 1. The Hall–Kier alpha value is 0.760. The predicted molar refractivity (Wildman–Crippen MR) is 88.4 cm³/mol. The van der Waals surface area contributed by atoms with Crippen LogP contribution in [0, 0.1) is 0 Å². The Labute approximate surface area is 148 Å². The Morgan fingerprint density at radius 2 is 1.41 bits per heavy atom. The van der Waals surface area contributed by atoms with E-state index in [9.17, 15) is 5.11 Å². The molecule has 2 spiro atoms. The van der Waals surface area contributed by atoms with Crippen LogP contribution in [0.25, 0.3) is 0 Å². The summed E-state index contributed by atoms with van der Waals surface area (Å²) in [5, 5.41) is 11.0. The summed E-state index contributed by atoms with van der Waals surface area (Å²) in [5.41, 5.74) is 0. The van der Waals surface area contributed by atoms with Crippen molar-refractivity contribution in [3.63, 3.8) is 0 Å². The second-order valence-corrected chi connectivity index (χ2v) is 7.61. The minimum Gasteiger partial charge on any atom is -0.394 e. The highest BCUT2D eigenvalue weighted by Gasteiger charge is 2.63. The Balaban J connectivity index is 1.88. The number of hydrogen-bond acceptors (Lipinski definition) is 5. The largest absolute Gasteiger partial charge is 0.394 e. The van der Waals surface area contributed by atoms with Gasteiger partial charge in [-0.15, -0.1) is 0 Å². The molecule has 0 aliphatic carbocycles. The van der Waals surface area contributed by atoms with E-state index in [-0.39, 0.29) is 24.9 Å². The summed E-state index contributed by atoms with van der Waals surface area (Å²) in [5.74, 6) is -1.76. The molecule has 0 unspecified atom stereocenters. The van der Waals surface area contributed by atoms with Crippen LogP contribution in [0.3, 0.4) is 0 Å². The Kier molecular flexibility index (Phi) is 5.86. The first-order valence-corrected chi connectivity index (χ1v) is 10.3. The van der Waals surface area contributed by atoms with Gasteiger partial charge in [0, 0.05) is 23.5 Å². The molecule has 5 nitrogen and oxygen atoms in total. The van der Waals surface area contributed by atoms with E-state index in [1.807, 2.05) is 0 Å². The molecular formula is C15H24Br2O5. The van der Waals surface area contributed by atoms with Crippen molar-refractivity contribution < 1.29 is 24.1 Å². The fourth-order valence-electron chi connectivity index (χ4n) is 3.69. The molecular weight excluding hydrogens is 420 g/mol. The highest BCUT2D eigenvalue weighted by Crippen LogP contribution is 2.50. The third kappa shape index (κ3) is 3.15. The fourth-order valence-corrected chi connectivity index (χ4v) is 4.60. The minimum absolute atomic E-state index is 0.0674. The summed E-state index contributed by atoms with van der Waals surface area (Å²) in [6.07, 6.45) is 5.37. The lowest BCUT2D eigenvalue weighted by molar-refractivity contribution is -0.479. The van der Waals surface area contributed by atoms with Gasteiger partial charge in [-0.1, -0.05) is 31.9 Å². The molecule has 3 heterocycles. The van der Waals surface area contributed by atoms with Crippen molar-refractivity contribution in [1.29, 1.82) is 0 Å². The molecule has 0 amide bonds. The average Bonchev–Trinajstić information content (AvgIpc) is 2.58. The van der Waals surface area contributed by atoms with Gasteiger partial charge in [-0.05, 0) is 25.7 Å². The molecule has 3 saturated heterocycles. The van der Waals surface area contributed by atoms with Gasteiger partial charge < -0.3 is 24.1 Å². The van der Waals surface area contributed by atoms with Gasteiger partial charge in [-0.3, -0.25) is 0 Å². The number of aliphatic hydroxyl groups is 1. The molecule has 3 fully saturated rings. The van der Waals surface area contributed by atoms with Crippen molar-refractivity contribution in [3.8, 4) is 0 Å². The summed E-state index contributed by atoms with van der Waals surface area (Å²) < 4.78 is 25.0. The summed E-state index contributed by atoms with van der Waals surface area (Å²) in [7, 11) is 0. The van der Waals surface area contributed by atoms with Gasteiger partial charge in [0.1, 0.15) is 6.10 Å². The second-order valence-electron chi connectivity index (χ2n) is 6.31. The zero-order valence-corrected chi connectivity index (χ0v) is 15.8. The lowest BCUT2D eigenvalue weighted by Crippen LogP contribution is -2.70. The third-order valence-corrected chi connectivity index (χ3v) is 6.21. The number of halogens is 2. The molecule has 0 aromatic heterocycles. The van der Waals surface area contributed by atoms with Crippen LogP contribution in [0.4, 0.5) is 0 Å². The quantitative estimate of drug-likeness (QED) is 0.679. The van der Waals surface area contributed by atoms with Gasteiger partial charge >= 0.3 is 0 Å². The van der Waals surface area contributed by atoms with E-state index < -0.39 is 11.6 Å².